The molecule has 2 aliphatic rings. The normalized spacial score (nSPS) is 19.3. The minimum atomic E-state index is -5.08. The van der Waals surface area contributed by atoms with Gasteiger partial charge in [0.15, 0.2) is 0 Å². The molecule has 0 saturated carbocycles. The van der Waals surface area contributed by atoms with Gasteiger partial charge in [-0.15, -0.1) is 0 Å². The standard InChI is InChI=1S/C20H26N2O3S.C2HF3O2/c1-16(2)13-22-19-6-4-3-5-18(19)20(26(22,23)24)8-10-21(11-9-20)14-17-7-12-25-15-17;3-2(4,5)1(6)7/h3-7,12,15-16H,8-11,13-14H2,1-2H3;(H,6,7). The van der Waals surface area contributed by atoms with Gasteiger partial charge in [-0.2, -0.15) is 13.2 Å². The fourth-order valence-corrected chi connectivity index (χ4v) is 6.81. The number of furan rings is 1. The molecule has 0 aliphatic carbocycles. The van der Waals surface area contributed by atoms with Crippen LogP contribution < -0.4 is 4.31 Å². The number of carbonyl (C=O) groups is 1. The number of fused-ring (bicyclic) bond motifs is 2. The maximum Gasteiger partial charge on any atom is 0.490 e. The van der Waals surface area contributed by atoms with Crippen molar-refractivity contribution in [1.82, 2.24) is 4.90 Å². The third-order valence-electron chi connectivity index (χ3n) is 5.87. The van der Waals surface area contributed by atoms with Crippen LogP contribution in [0, 0.1) is 5.92 Å². The minimum absolute atomic E-state index is 0.286. The third kappa shape index (κ3) is 5.03. The van der Waals surface area contributed by atoms with Crippen molar-refractivity contribution in [2.75, 3.05) is 23.9 Å². The largest absolute Gasteiger partial charge is 0.490 e. The summed E-state index contributed by atoms with van der Waals surface area (Å²) in [7, 11) is -3.40. The summed E-state index contributed by atoms with van der Waals surface area (Å²) in [6.45, 7) is 7.03. The Balaban J connectivity index is 0.000000383. The van der Waals surface area contributed by atoms with Gasteiger partial charge in [0.25, 0.3) is 0 Å². The molecule has 1 saturated heterocycles. The highest BCUT2D eigenvalue weighted by molar-refractivity contribution is 7.94. The van der Waals surface area contributed by atoms with E-state index < -0.39 is 26.9 Å². The van der Waals surface area contributed by atoms with Gasteiger partial charge in [0, 0.05) is 31.7 Å². The molecule has 182 valence electrons. The predicted octanol–water partition coefficient (Wildman–Crippen LogP) is 4.21. The van der Waals surface area contributed by atoms with E-state index in [2.05, 4.69) is 18.7 Å². The number of hydrogen-bond donors (Lipinski definition) is 1. The van der Waals surface area contributed by atoms with Crippen LogP contribution in [0.2, 0.25) is 0 Å². The Morgan fingerprint density at radius 2 is 1.79 bits per heavy atom. The minimum Gasteiger partial charge on any atom is -0.475 e. The van der Waals surface area contributed by atoms with Crippen molar-refractivity contribution in [3.8, 4) is 0 Å². The van der Waals surface area contributed by atoms with Crippen LogP contribution in [-0.2, 0) is 26.1 Å². The molecule has 0 amide bonds. The maximum atomic E-state index is 13.6. The average Bonchev–Trinajstić information content (AvgIpc) is 3.30. The first-order chi connectivity index (χ1) is 15.4. The molecule has 1 spiro atoms. The third-order valence-corrected chi connectivity index (χ3v) is 8.41. The highest BCUT2D eigenvalue weighted by Gasteiger charge is 2.56. The Morgan fingerprint density at radius 1 is 1.18 bits per heavy atom. The first kappa shape index (κ1) is 25.1. The second-order valence-electron chi connectivity index (χ2n) is 8.65. The molecule has 1 aromatic heterocycles. The summed E-state index contributed by atoms with van der Waals surface area (Å²) < 4.78 is 64.9. The van der Waals surface area contributed by atoms with E-state index >= 15 is 0 Å². The Labute approximate surface area is 190 Å². The molecule has 7 nitrogen and oxygen atoms in total. The summed E-state index contributed by atoms with van der Waals surface area (Å²) >= 11 is 0. The lowest BCUT2D eigenvalue weighted by molar-refractivity contribution is -0.192. The summed E-state index contributed by atoms with van der Waals surface area (Å²) in [6.07, 6.45) is -0.365. The van der Waals surface area contributed by atoms with Crippen LogP contribution in [-0.4, -0.2) is 50.2 Å². The van der Waals surface area contributed by atoms with Crippen molar-refractivity contribution in [2.45, 2.75) is 44.2 Å². The van der Waals surface area contributed by atoms with Crippen LogP contribution >= 0.6 is 0 Å². The topological polar surface area (TPSA) is 91.1 Å². The van der Waals surface area contributed by atoms with Crippen LogP contribution in [0.1, 0.15) is 37.8 Å². The summed E-state index contributed by atoms with van der Waals surface area (Å²) in [5.74, 6) is -2.47. The average molecular weight is 489 g/mol. The van der Waals surface area contributed by atoms with Crippen molar-refractivity contribution >= 4 is 21.7 Å². The predicted molar refractivity (Wildman–Crippen MR) is 116 cm³/mol. The van der Waals surface area contributed by atoms with Crippen molar-refractivity contribution in [3.63, 3.8) is 0 Å². The number of nitrogens with zero attached hydrogens (tertiary/aromatic N) is 2. The second kappa shape index (κ2) is 9.38. The van der Waals surface area contributed by atoms with Gasteiger partial charge in [-0.05, 0) is 36.5 Å². The molecule has 11 heteroatoms. The number of carboxylic acids is 1. The van der Waals surface area contributed by atoms with E-state index in [4.69, 9.17) is 14.3 Å². The maximum absolute atomic E-state index is 13.6. The zero-order valence-corrected chi connectivity index (χ0v) is 19.2. The molecule has 1 fully saturated rings. The molecule has 2 aliphatic heterocycles. The molecular formula is C22H27F3N2O5S. The van der Waals surface area contributed by atoms with Gasteiger partial charge >= 0.3 is 12.1 Å². The van der Waals surface area contributed by atoms with E-state index in [9.17, 15) is 21.6 Å². The summed E-state index contributed by atoms with van der Waals surface area (Å²) in [4.78, 5) is 11.2. The first-order valence-electron chi connectivity index (χ1n) is 10.5. The van der Waals surface area contributed by atoms with Gasteiger partial charge in [0.1, 0.15) is 4.75 Å². The van der Waals surface area contributed by atoms with Gasteiger partial charge in [-0.3, -0.25) is 9.21 Å². The fourth-order valence-electron chi connectivity index (χ4n) is 4.32. The van der Waals surface area contributed by atoms with E-state index in [1.807, 2.05) is 30.3 Å². The number of aliphatic carboxylic acids is 1. The van der Waals surface area contributed by atoms with Crippen molar-refractivity contribution in [2.24, 2.45) is 5.92 Å². The van der Waals surface area contributed by atoms with Crippen molar-refractivity contribution in [3.05, 3.63) is 54.0 Å². The van der Waals surface area contributed by atoms with Gasteiger partial charge in [-0.25, -0.2) is 13.2 Å². The number of para-hydroxylation sites is 1. The number of halogens is 3. The molecular weight excluding hydrogens is 461 g/mol. The molecule has 0 unspecified atom stereocenters. The highest BCUT2D eigenvalue weighted by Crippen LogP contribution is 2.52. The lowest BCUT2D eigenvalue weighted by Gasteiger charge is -2.39. The fraction of sp³-hybridized carbons (Fsp3) is 0.500. The van der Waals surface area contributed by atoms with Gasteiger partial charge in [0.2, 0.25) is 10.0 Å². The second-order valence-corrected chi connectivity index (χ2v) is 10.8. The molecule has 1 aromatic carbocycles. The summed E-state index contributed by atoms with van der Waals surface area (Å²) in [5, 5.41) is 7.12. The lowest BCUT2D eigenvalue weighted by Crippen LogP contribution is -2.48. The number of anilines is 1. The van der Waals surface area contributed by atoms with Crippen LogP contribution in [0.5, 0.6) is 0 Å². The number of sulfonamides is 1. The van der Waals surface area contributed by atoms with Crippen LogP contribution in [0.3, 0.4) is 0 Å². The quantitative estimate of drug-likeness (QED) is 0.693. The van der Waals surface area contributed by atoms with E-state index in [0.29, 0.717) is 19.4 Å². The monoisotopic (exact) mass is 488 g/mol. The zero-order chi connectivity index (χ0) is 24.4. The summed E-state index contributed by atoms with van der Waals surface area (Å²) in [5.41, 5.74) is 3.00. The van der Waals surface area contributed by atoms with Gasteiger partial charge in [0.05, 0.1) is 18.2 Å². The Bertz CT molecular complexity index is 1060. The molecule has 1 N–H and O–H groups in total. The Kier molecular flexibility index (Phi) is 7.13. The number of benzene rings is 1. The van der Waals surface area contributed by atoms with E-state index in [1.54, 1.807) is 16.8 Å². The molecule has 2 aromatic rings. The van der Waals surface area contributed by atoms with E-state index in [1.165, 1.54) is 0 Å². The first-order valence-corrected chi connectivity index (χ1v) is 12.0. The van der Waals surface area contributed by atoms with Crippen molar-refractivity contribution in [1.29, 1.82) is 0 Å². The molecule has 33 heavy (non-hydrogen) atoms. The van der Waals surface area contributed by atoms with Gasteiger partial charge < -0.3 is 9.52 Å². The Morgan fingerprint density at radius 3 is 2.30 bits per heavy atom. The number of hydrogen-bond acceptors (Lipinski definition) is 5. The molecule has 0 atom stereocenters. The van der Waals surface area contributed by atoms with Crippen molar-refractivity contribution < 1.29 is 35.9 Å². The van der Waals surface area contributed by atoms with E-state index in [-0.39, 0.29) is 5.92 Å². The number of carboxylic acid groups (broad SMARTS) is 1. The van der Waals surface area contributed by atoms with Crippen LogP contribution in [0.15, 0.2) is 47.3 Å². The highest BCUT2D eigenvalue weighted by atomic mass is 32.2. The number of likely N-dealkylation sites (tertiary alicyclic amines) is 1. The number of alkyl halides is 3. The molecule has 0 bridgehead atoms. The van der Waals surface area contributed by atoms with Gasteiger partial charge in [-0.1, -0.05) is 32.0 Å². The van der Waals surface area contributed by atoms with Crippen LogP contribution in [0.25, 0.3) is 0 Å². The summed E-state index contributed by atoms with van der Waals surface area (Å²) in [6, 6.07) is 9.85. The Hall–Kier alpha value is -2.53. The van der Waals surface area contributed by atoms with E-state index in [0.717, 1.165) is 36.4 Å². The van der Waals surface area contributed by atoms with Crippen LogP contribution in [0.4, 0.5) is 18.9 Å². The SMILES string of the molecule is CC(C)CN1c2ccccc2C2(CCN(Cc3ccoc3)CC2)S1(=O)=O.O=C(O)C(F)(F)F. The number of piperidine rings is 1. The number of rotatable bonds is 4. The lowest BCUT2D eigenvalue weighted by atomic mass is 9.87. The zero-order valence-electron chi connectivity index (χ0n) is 18.4. The molecule has 3 heterocycles. The molecule has 0 radical (unpaired) electrons. The smallest absolute Gasteiger partial charge is 0.475 e. The molecule has 4 rings (SSSR count).